The van der Waals surface area contributed by atoms with Gasteiger partial charge >= 0.3 is 18.2 Å². The number of carbonyl (C=O) groups excluding carboxylic acids is 2. The number of carbonyl (C=O) groups is 3. The maximum Gasteiger partial charge on any atom is 0.490 e. The zero-order chi connectivity index (χ0) is 37.3. The Balaban J connectivity index is 0.000000679. The maximum atomic E-state index is 14.1. The number of anilines is 1. The lowest BCUT2D eigenvalue weighted by atomic mass is 10.0. The van der Waals surface area contributed by atoms with Crippen LogP contribution in [-0.2, 0) is 26.2 Å². The van der Waals surface area contributed by atoms with Crippen LogP contribution >= 0.6 is 0 Å². The predicted octanol–water partition coefficient (Wildman–Crippen LogP) is 4.85. The molecule has 2 aromatic heterocycles. The number of benzene rings is 3. The summed E-state index contributed by atoms with van der Waals surface area (Å²) >= 11 is 0. The summed E-state index contributed by atoms with van der Waals surface area (Å²) in [4.78, 5) is 46.0. The molecule has 1 saturated heterocycles. The van der Waals surface area contributed by atoms with Gasteiger partial charge in [-0.2, -0.15) is 17.5 Å². The summed E-state index contributed by atoms with van der Waals surface area (Å²) in [7, 11) is -4.16. The Kier molecular flexibility index (Phi) is 11.9. The number of imidazole rings is 1. The first-order valence-electron chi connectivity index (χ1n) is 16.0. The van der Waals surface area contributed by atoms with Crippen molar-refractivity contribution in [3.8, 4) is 11.1 Å². The number of sulfonamides is 1. The molecule has 6 rings (SSSR count). The number of aryl methyl sites for hydroxylation is 1. The molecule has 0 bridgehead atoms. The summed E-state index contributed by atoms with van der Waals surface area (Å²) in [6, 6.07) is 24.1. The molecule has 1 aliphatic rings. The van der Waals surface area contributed by atoms with Gasteiger partial charge < -0.3 is 25.2 Å². The van der Waals surface area contributed by atoms with Crippen LogP contribution in [0, 0.1) is 0 Å². The molecule has 0 saturated carbocycles. The summed E-state index contributed by atoms with van der Waals surface area (Å²) in [5.74, 6) is -3.23. The minimum atomic E-state index is -5.08. The van der Waals surface area contributed by atoms with Crippen molar-refractivity contribution in [3.05, 3.63) is 110 Å². The van der Waals surface area contributed by atoms with E-state index in [-0.39, 0.29) is 24.5 Å². The highest BCUT2D eigenvalue weighted by Gasteiger charge is 2.42. The van der Waals surface area contributed by atoms with Crippen LogP contribution in [0.15, 0.2) is 115 Å². The number of fused-ring (bicyclic) bond motifs is 1. The van der Waals surface area contributed by atoms with Crippen molar-refractivity contribution < 1.29 is 41.1 Å². The molecule has 3 amide bonds. The van der Waals surface area contributed by atoms with E-state index in [9.17, 15) is 31.2 Å². The van der Waals surface area contributed by atoms with Gasteiger partial charge in [0.05, 0.1) is 17.5 Å². The molecule has 272 valence electrons. The quantitative estimate of drug-likeness (QED) is 0.181. The number of urea groups is 1. The maximum absolute atomic E-state index is 14.1. The third-order valence-corrected chi connectivity index (χ3v) is 9.99. The molecule has 3 heterocycles. The van der Waals surface area contributed by atoms with Crippen molar-refractivity contribution in [1.29, 1.82) is 0 Å². The van der Waals surface area contributed by atoms with Gasteiger partial charge in [0.15, 0.2) is 0 Å². The summed E-state index contributed by atoms with van der Waals surface area (Å²) in [6.45, 7) is 0.885. The molecule has 3 aromatic carbocycles. The second-order valence-electron chi connectivity index (χ2n) is 11.5. The molecule has 0 unspecified atom stereocenters. The second-order valence-corrected chi connectivity index (χ2v) is 13.4. The van der Waals surface area contributed by atoms with E-state index in [1.54, 1.807) is 43.0 Å². The van der Waals surface area contributed by atoms with E-state index < -0.39 is 40.1 Å². The summed E-state index contributed by atoms with van der Waals surface area (Å²) in [6.07, 6.45) is 2.30. The number of hydrogen-bond acceptors (Lipinski definition) is 7. The Labute approximate surface area is 296 Å². The standard InChI is InChI=1S/C33H33N7O4S.C2HF3O2/c41-32(36-17-8-19-38-20-18-34-24-38)29-23-39(33(42)37-28-14-5-4-13-27(28)25-9-2-1-3-10-25)21-22-40(29)45(43,44)30-15-6-11-26-12-7-16-35-31(26)30;3-2(4,5)1(6)7/h1-7,9-16,18,20,24,29H,8,17,19,21-23H2,(H,36,41)(H,37,42);(H,6,7)/t29-;/m0./s1. The smallest absolute Gasteiger partial charge is 0.475 e. The predicted molar refractivity (Wildman–Crippen MR) is 185 cm³/mol. The zero-order valence-electron chi connectivity index (χ0n) is 27.5. The summed E-state index contributed by atoms with van der Waals surface area (Å²) < 4.78 is 63.1. The number of carboxylic acid groups (broad SMARTS) is 1. The van der Waals surface area contributed by atoms with E-state index in [2.05, 4.69) is 20.6 Å². The number of aromatic nitrogens is 3. The van der Waals surface area contributed by atoms with Crippen LogP contribution in [-0.4, -0.2) is 93.6 Å². The summed E-state index contributed by atoms with van der Waals surface area (Å²) in [5.41, 5.74) is 2.74. The average Bonchev–Trinajstić information content (AvgIpc) is 3.67. The first kappa shape index (κ1) is 37.4. The number of piperazine rings is 1. The van der Waals surface area contributed by atoms with E-state index in [4.69, 9.17) is 9.90 Å². The number of nitrogens with zero attached hydrogens (tertiary/aromatic N) is 5. The highest BCUT2D eigenvalue weighted by Crippen LogP contribution is 2.30. The molecule has 13 nitrogen and oxygen atoms in total. The number of aliphatic carboxylic acids is 1. The minimum absolute atomic E-state index is 0.0215. The molecular weight excluding hydrogens is 703 g/mol. The Morgan fingerprint density at radius 3 is 2.33 bits per heavy atom. The van der Waals surface area contributed by atoms with Crippen LogP contribution in [0.25, 0.3) is 22.0 Å². The number of hydrogen-bond donors (Lipinski definition) is 3. The van der Waals surface area contributed by atoms with Gasteiger partial charge in [0.1, 0.15) is 10.9 Å². The highest BCUT2D eigenvalue weighted by atomic mass is 32.2. The van der Waals surface area contributed by atoms with Crippen LogP contribution in [0.4, 0.5) is 23.7 Å². The zero-order valence-corrected chi connectivity index (χ0v) is 28.3. The van der Waals surface area contributed by atoms with Gasteiger partial charge in [0.25, 0.3) is 0 Å². The fourth-order valence-electron chi connectivity index (χ4n) is 5.53. The monoisotopic (exact) mass is 737 g/mol. The number of para-hydroxylation sites is 2. The third-order valence-electron chi connectivity index (χ3n) is 8.05. The van der Waals surface area contributed by atoms with Crippen LogP contribution in [0.3, 0.4) is 0 Å². The number of carboxylic acids is 1. The van der Waals surface area contributed by atoms with Crippen molar-refractivity contribution in [2.45, 2.75) is 30.1 Å². The van der Waals surface area contributed by atoms with Crippen LogP contribution in [0.1, 0.15) is 6.42 Å². The average molecular weight is 738 g/mol. The van der Waals surface area contributed by atoms with E-state index in [0.29, 0.717) is 36.1 Å². The SMILES string of the molecule is O=C(NCCCn1ccnc1)[C@@H]1CN(C(=O)Nc2ccccc2-c2ccccc2)CCN1S(=O)(=O)c1cccc2cccnc12.O=C(O)C(F)(F)F. The Morgan fingerprint density at radius 1 is 0.904 bits per heavy atom. The Hall–Kier alpha value is -5.81. The number of amides is 3. The van der Waals surface area contributed by atoms with Gasteiger partial charge in [-0.1, -0.05) is 66.7 Å². The normalized spacial score (nSPS) is 15.0. The summed E-state index contributed by atoms with van der Waals surface area (Å²) in [5, 5.41) is 13.7. The molecule has 1 aliphatic heterocycles. The first-order chi connectivity index (χ1) is 24.9. The lowest BCUT2D eigenvalue weighted by Gasteiger charge is -2.39. The molecule has 0 aliphatic carbocycles. The van der Waals surface area contributed by atoms with Crippen molar-refractivity contribution >= 4 is 44.5 Å². The number of rotatable bonds is 9. The molecule has 52 heavy (non-hydrogen) atoms. The first-order valence-corrected chi connectivity index (χ1v) is 17.4. The van der Waals surface area contributed by atoms with Gasteiger partial charge in [-0.25, -0.2) is 23.0 Å². The second kappa shape index (κ2) is 16.5. The van der Waals surface area contributed by atoms with Crippen LogP contribution in [0.2, 0.25) is 0 Å². The molecule has 0 radical (unpaired) electrons. The van der Waals surface area contributed by atoms with Gasteiger partial charge in [0.2, 0.25) is 15.9 Å². The van der Waals surface area contributed by atoms with E-state index in [1.807, 2.05) is 65.4 Å². The van der Waals surface area contributed by atoms with Crippen molar-refractivity contribution in [2.24, 2.45) is 0 Å². The van der Waals surface area contributed by atoms with Crippen LogP contribution in [0.5, 0.6) is 0 Å². The number of nitrogens with one attached hydrogen (secondary N) is 2. The molecule has 3 N–H and O–H groups in total. The van der Waals surface area contributed by atoms with E-state index in [0.717, 1.165) is 11.1 Å². The van der Waals surface area contributed by atoms with Gasteiger partial charge in [-0.05, 0) is 30.2 Å². The number of alkyl halides is 3. The van der Waals surface area contributed by atoms with Crippen LogP contribution < -0.4 is 10.6 Å². The molecular formula is C35H34F3N7O6S. The largest absolute Gasteiger partial charge is 0.490 e. The Morgan fingerprint density at radius 2 is 1.62 bits per heavy atom. The van der Waals surface area contributed by atoms with E-state index in [1.165, 1.54) is 15.3 Å². The fraction of sp³-hybridized carbons (Fsp3) is 0.229. The molecule has 5 aromatic rings. The number of pyridine rings is 1. The molecule has 0 spiro atoms. The molecule has 1 atom stereocenters. The van der Waals surface area contributed by atoms with Gasteiger partial charge in [-0.15, -0.1) is 0 Å². The molecule has 17 heteroatoms. The fourth-order valence-corrected chi connectivity index (χ4v) is 7.27. The van der Waals surface area contributed by atoms with Crippen molar-refractivity contribution in [1.82, 2.24) is 29.1 Å². The van der Waals surface area contributed by atoms with Gasteiger partial charge in [0, 0.05) is 62.3 Å². The number of halogens is 3. The Bertz CT molecular complexity index is 2110. The van der Waals surface area contributed by atoms with Crippen molar-refractivity contribution in [3.63, 3.8) is 0 Å². The van der Waals surface area contributed by atoms with Crippen molar-refractivity contribution in [2.75, 3.05) is 31.5 Å². The van der Waals surface area contributed by atoms with E-state index >= 15 is 0 Å². The topological polar surface area (TPSA) is 167 Å². The minimum Gasteiger partial charge on any atom is -0.475 e. The lowest BCUT2D eigenvalue weighted by Crippen LogP contribution is -2.62. The third kappa shape index (κ3) is 9.10. The molecule has 1 fully saturated rings. The lowest BCUT2D eigenvalue weighted by molar-refractivity contribution is -0.192. The highest BCUT2D eigenvalue weighted by molar-refractivity contribution is 7.89. The van der Waals surface area contributed by atoms with Gasteiger partial charge in [-0.3, -0.25) is 9.78 Å².